The summed E-state index contributed by atoms with van der Waals surface area (Å²) < 4.78 is 1.42. The highest BCUT2D eigenvalue weighted by atomic mass is 35.5. The summed E-state index contributed by atoms with van der Waals surface area (Å²) in [5, 5.41) is 21.5. The zero-order valence-corrected chi connectivity index (χ0v) is 28.2. The average molecular weight is 686 g/mol. The first-order valence-electron chi connectivity index (χ1n) is 16.1. The highest BCUT2D eigenvalue weighted by Gasteiger charge is 2.33. The molecule has 4 aromatic rings. The summed E-state index contributed by atoms with van der Waals surface area (Å²) in [5.74, 6) is -0.235. The van der Waals surface area contributed by atoms with Gasteiger partial charge < -0.3 is 36.3 Å². The molecule has 0 radical (unpaired) electrons. The molecule has 252 valence electrons. The Balaban J connectivity index is 0.000000136. The van der Waals surface area contributed by atoms with Crippen molar-refractivity contribution in [3.63, 3.8) is 0 Å². The maximum absolute atomic E-state index is 13.0. The van der Waals surface area contributed by atoms with Crippen molar-refractivity contribution < 1.29 is 14.7 Å². The number of hydrogen-bond donors (Lipinski definition) is 6. The van der Waals surface area contributed by atoms with Gasteiger partial charge in [-0.05, 0) is 75.9 Å². The maximum Gasteiger partial charge on any atom is 0.311 e. The van der Waals surface area contributed by atoms with Gasteiger partial charge in [-0.25, -0.2) is 0 Å². The third-order valence-electron chi connectivity index (χ3n) is 9.62. The SMILES string of the molecule is CN1CCc2[nH]nc(N)c2C1.CN1CCc2nn(C(=O)C3CCCc4[nH]c(Cl)cc43)c(N)c2C1.O=C(O)C1CCCc2[nH]c(Cl)cc21. The molecule has 4 aromatic heterocycles. The molecular formula is C32H42Cl2N10O3. The summed E-state index contributed by atoms with van der Waals surface area (Å²) >= 11 is 11.8. The third-order valence-corrected chi connectivity index (χ3v) is 10.0. The molecule has 2 unspecified atom stereocenters. The summed E-state index contributed by atoms with van der Waals surface area (Å²) in [5.41, 5.74) is 20.1. The number of carbonyl (C=O) groups is 2. The third kappa shape index (κ3) is 6.94. The molecule has 2 aliphatic heterocycles. The van der Waals surface area contributed by atoms with E-state index in [0.717, 1.165) is 111 Å². The Hall–Kier alpha value is -3.78. The minimum absolute atomic E-state index is 0.0452. The number of carboxylic acids is 1. The van der Waals surface area contributed by atoms with Gasteiger partial charge in [0.2, 0.25) is 0 Å². The van der Waals surface area contributed by atoms with E-state index in [0.29, 0.717) is 21.9 Å². The molecule has 0 saturated heterocycles. The molecule has 0 spiro atoms. The second kappa shape index (κ2) is 13.8. The van der Waals surface area contributed by atoms with E-state index in [4.69, 9.17) is 39.8 Å². The van der Waals surface area contributed by atoms with Crippen LogP contribution in [0.3, 0.4) is 0 Å². The number of aromatic amines is 3. The molecule has 6 heterocycles. The number of anilines is 2. The Labute approximate surface area is 283 Å². The number of aromatic nitrogens is 6. The molecule has 47 heavy (non-hydrogen) atoms. The van der Waals surface area contributed by atoms with Crippen LogP contribution >= 0.6 is 23.2 Å². The molecule has 0 fully saturated rings. The van der Waals surface area contributed by atoms with Crippen molar-refractivity contribution >= 4 is 46.7 Å². The molecule has 0 aromatic carbocycles. The lowest BCUT2D eigenvalue weighted by atomic mass is 9.86. The van der Waals surface area contributed by atoms with Crippen LogP contribution in [0.15, 0.2) is 12.1 Å². The number of likely N-dealkylation sites (N-methyl/N-ethyl adjacent to an activating group) is 2. The van der Waals surface area contributed by atoms with Crippen LogP contribution < -0.4 is 11.5 Å². The number of nitrogens with two attached hydrogens (primary N) is 2. The molecule has 0 bridgehead atoms. The predicted octanol–water partition coefficient (Wildman–Crippen LogP) is 4.35. The Morgan fingerprint density at radius 1 is 0.851 bits per heavy atom. The van der Waals surface area contributed by atoms with Crippen LogP contribution in [0.25, 0.3) is 0 Å². The standard InChI is InChI=1S/C16H20ClN5O.C9H10ClNO2.C7H12N4/c1-21-6-5-13-11(8-21)15(18)22(20-13)16(23)9-3-2-4-12-10(9)7-14(17)19-12;10-8-4-6-5(9(12)13)2-1-3-7(6)11-8;1-11-3-2-6-5(4-11)7(8)10-9-6/h7,9,19H,2-6,8,18H2,1H3;4-5,11H,1-3H2,(H,12,13);2-4H2,1H3,(H3,8,9,10). The van der Waals surface area contributed by atoms with Gasteiger partial charge in [0.05, 0.1) is 17.5 Å². The van der Waals surface area contributed by atoms with E-state index in [2.05, 4.69) is 49.2 Å². The minimum Gasteiger partial charge on any atom is -0.481 e. The summed E-state index contributed by atoms with van der Waals surface area (Å²) in [7, 11) is 4.14. The highest BCUT2D eigenvalue weighted by Crippen LogP contribution is 2.36. The zero-order chi connectivity index (χ0) is 33.4. The summed E-state index contributed by atoms with van der Waals surface area (Å²) in [4.78, 5) is 34.5. The van der Waals surface area contributed by atoms with Gasteiger partial charge >= 0.3 is 5.97 Å². The van der Waals surface area contributed by atoms with Crippen LogP contribution in [0.5, 0.6) is 0 Å². The monoisotopic (exact) mass is 684 g/mol. The van der Waals surface area contributed by atoms with Crippen molar-refractivity contribution in [2.45, 2.75) is 76.3 Å². The maximum atomic E-state index is 13.0. The van der Waals surface area contributed by atoms with E-state index in [1.807, 2.05) is 6.07 Å². The number of halogens is 2. The highest BCUT2D eigenvalue weighted by molar-refractivity contribution is 6.30. The average Bonchev–Trinajstić information content (AvgIpc) is 3.80. The lowest BCUT2D eigenvalue weighted by Crippen LogP contribution is -2.26. The number of aryl methyl sites for hydroxylation is 2. The number of carbonyl (C=O) groups excluding carboxylic acids is 1. The molecular weight excluding hydrogens is 643 g/mol. The van der Waals surface area contributed by atoms with E-state index in [1.54, 1.807) is 6.07 Å². The number of hydrogen-bond acceptors (Lipinski definition) is 8. The van der Waals surface area contributed by atoms with Gasteiger partial charge in [-0.15, -0.1) is 0 Å². The van der Waals surface area contributed by atoms with Gasteiger partial charge in [0.1, 0.15) is 21.9 Å². The quantitative estimate of drug-likeness (QED) is 0.178. The number of H-pyrrole nitrogens is 3. The van der Waals surface area contributed by atoms with E-state index in [9.17, 15) is 9.59 Å². The van der Waals surface area contributed by atoms with Gasteiger partial charge in [0.15, 0.2) is 0 Å². The van der Waals surface area contributed by atoms with Crippen LogP contribution in [-0.4, -0.2) is 83.9 Å². The largest absolute Gasteiger partial charge is 0.481 e. The fraction of sp³-hybridized carbons (Fsp3) is 0.500. The second-order valence-electron chi connectivity index (χ2n) is 12.9. The van der Waals surface area contributed by atoms with E-state index >= 15 is 0 Å². The van der Waals surface area contributed by atoms with Crippen molar-refractivity contribution in [3.05, 3.63) is 67.5 Å². The van der Waals surface area contributed by atoms with Crippen LogP contribution in [0.2, 0.25) is 10.3 Å². The fourth-order valence-electron chi connectivity index (χ4n) is 7.07. The summed E-state index contributed by atoms with van der Waals surface area (Å²) in [6.07, 6.45) is 7.12. The Morgan fingerprint density at radius 2 is 1.43 bits per heavy atom. The number of fused-ring (bicyclic) bond motifs is 4. The van der Waals surface area contributed by atoms with E-state index < -0.39 is 5.97 Å². The Kier molecular flexibility index (Phi) is 9.70. The fourth-order valence-corrected chi connectivity index (χ4v) is 7.54. The molecule has 15 heteroatoms. The Bertz CT molecular complexity index is 1770. The number of nitrogen functional groups attached to an aromatic ring is 2. The van der Waals surface area contributed by atoms with Gasteiger partial charge in [-0.3, -0.25) is 14.7 Å². The van der Waals surface area contributed by atoms with Crippen molar-refractivity contribution in [2.75, 3.05) is 38.7 Å². The molecule has 8 N–H and O–H groups in total. The molecule has 2 aliphatic carbocycles. The van der Waals surface area contributed by atoms with Crippen LogP contribution in [0.4, 0.5) is 11.6 Å². The summed E-state index contributed by atoms with van der Waals surface area (Å²) in [6, 6.07) is 3.60. The van der Waals surface area contributed by atoms with Crippen molar-refractivity contribution in [1.82, 2.24) is 39.7 Å². The number of nitrogens with zero attached hydrogens (tertiary/aromatic N) is 5. The minimum atomic E-state index is -0.753. The number of carboxylic acid groups (broad SMARTS) is 1. The lowest BCUT2D eigenvalue weighted by Gasteiger charge is -2.22. The van der Waals surface area contributed by atoms with Crippen LogP contribution in [0, 0.1) is 0 Å². The molecule has 0 saturated carbocycles. The Morgan fingerprint density at radius 3 is 2.06 bits per heavy atom. The molecule has 2 atom stereocenters. The number of nitrogens with one attached hydrogen (secondary N) is 3. The van der Waals surface area contributed by atoms with Crippen LogP contribution in [0.1, 0.15) is 87.3 Å². The van der Waals surface area contributed by atoms with E-state index in [-0.39, 0.29) is 17.7 Å². The van der Waals surface area contributed by atoms with Crippen molar-refractivity contribution in [3.8, 4) is 0 Å². The van der Waals surface area contributed by atoms with Gasteiger partial charge in [0.25, 0.3) is 5.91 Å². The predicted molar refractivity (Wildman–Crippen MR) is 181 cm³/mol. The van der Waals surface area contributed by atoms with Gasteiger partial charge in [-0.1, -0.05) is 23.2 Å². The zero-order valence-electron chi connectivity index (χ0n) is 26.7. The van der Waals surface area contributed by atoms with Crippen molar-refractivity contribution in [1.29, 1.82) is 0 Å². The van der Waals surface area contributed by atoms with Crippen LogP contribution in [-0.2, 0) is 43.6 Å². The second-order valence-corrected chi connectivity index (χ2v) is 13.7. The van der Waals surface area contributed by atoms with Crippen molar-refractivity contribution in [2.24, 2.45) is 0 Å². The lowest BCUT2D eigenvalue weighted by molar-refractivity contribution is -0.139. The normalized spacial score (nSPS) is 20.4. The molecule has 0 amide bonds. The first-order chi connectivity index (χ1) is 22.5. The number of aliphatic carboxylic acids is 1. The first kappa shape index (κ1) is 33.1. The van der Waals surface area contributed by atoms with Gasteiger partial charge in [0, 0.05) is 67.2 Å². The van der Waals surface area contributed by atoms with E-state index in [1.165, 1.54) is 15.9 Å². The number of rotatable bonds is 2. The molecule has 4 aliphatic rings. The molecule has 8 rings (SSSR count). The summed E-state index contributed by atoms with van der Waals surface area (Å²) in [6.45, 7) is 3.71. The molecule has 13 nitrogen and oxygen atoms in total. The first-order valence-corrected chi connectivity index (χ1v) is 16.8. The smallest absolute Gasteiger partial charge is 0.311 e. The van der Waals surface area contributed by atoms with Gasteiger partial charge in [-0.2, -0.15) is 14.9 Å². The topological polar surface area (TPSA) is 191 Å².